The van der Waals surface area contributed by atoms with Crippen molar-refractivity contribution in [3.63, 3.8) is 0 Å². The summed E-state index contributed by atoms with van der Waals surface area (Å²) in [6, 6.07) is 6.95. The number of hydrogen-bond acceptors (Lipinski definition) is 0. The van der Waals surface area contributed by atoms with E-state index in [9.17, 15) is 8.78 Å². The van der Waals surface area contributed by atoms with Crippen LogP contribution >= 0.6 is 0 Å². The van der Waals surface area contributed by atoms with Gasteiger partial charge in [0.25, 0.3) is 0 Å². The molecule has 0 fully saturated rings. The van der Waals surface area contributed by atoms with Crippen molar-refractivity contribution in [3.05, 3.63) is 35.4 Å². The highest BCUT2D eigenvalue weighted by Crippen LogP contribution is 2.16. The van der Waals surface area contributed by atoms with Crippen molar-refractivity contribution in [2.45, 2.75) is 19.5 Å². The standard InChI is InChI=1S/C10H12F2/c1-8(6-11)10-4-2-9(7-12)3-5-10/h2-5,8H,6-7H2,1H3. The van der Waals surface area contributed by atoms with Gasteiger partial charge in [-0.25, -0.2) is 4.39 Å². The summed E-state index contributed by atoms with van der Waals surface area (Å²) in [5.41, 5.74) is 1.57. The number of rotatable bonds is 3. The third-order valence-electron chi connectivity index (χ3n) is 1.93. The van der Waals surface area contributed by atoms with E-state index in [1.54, 1.807) is 24.3 Å². The third kappa shape index (κ3) is 2.03. The van der Waals surface area contributed by atoms with Crippen LogP contribution in [-0.2, 0) is 6.67 Å². The maximum atomic E-state index is 12.2. The van der Waals surface area contributed by atoms with Crippen LogP contribution in [0.3, 0.4) is 0 Å². The average molecular weight is 170 g/mol. The maximum Gasteiger partial charge on any atom is 0.115 e. The molecule has 0 nitrogen and oxygen atoms in total. The van der Waals surface area contributed by atoms with Crippen LogP contribution in [0.4, 0.5) is 8.78 Å². The third-order valence-corrected chi connectivity index (χ3v) is 1.93. The molecule has 1 unspecified atom stereocenters. The lowest BCUT2D eigenvalue weighted by Crippen LogP contribution is -1.94. The Kier molecular flexibility index (Phi) is 3.20. The largest absolute Gasteiger partial charge is 0.250 e. The van der Waals surface area contributed by atoms with Gasteiger partial charge in [0.1, 0.15) is 6.67 Å². The lowest BCUT2D eigenvalue weighted by molar-refractivity contribution is 0.447. The van der Waals surface area contributed by atoms with Gasteiger partial charge < -0.3 is 0 Å². The molecule has 0 bridgehead atoms. The van der Waals surface area contributed by atoms with Crippen LogP contribution in [0.1, 0.15) is 24.0 Å². The second-order valence-corrected chi connectivity index (χ2v) is 2.93. The van der Waals surface area contributed by atoms with E-state index in [0.29, 0.717) is 5.56 Å². The minimum atomic E-state index is -0.454. The normalized spacial score (nSPS) is 12.9. The first-order valence-electron chi connectivity index (χ1n) is 3.98. The molecule has 0 amide bonds. The molecule has 0 saturated heterocycles. The van der Waals surface area contributed by atoms with Gasteiger partial charge in [-0.05, 0) is 11.1 Å². The smallest absolute Gasteiger partial charge is 0.115 e. The minimum Gasteiger partial charge on any atom is -0.250 e. The van der Waals surface area contributed by atoms with Crippen LogP contribution in [0.5, 0.6) is 0 Å². The van der Waals surface area contributed by atoms with E-state index in [1.807, 2.05) is 6.92 Å². The summed E-state index contributed by atoms with van der Waals surface area (Å²) in [5.74, 6) is -0.0846. The SMILES string of the molecule is CC(CF)c1ccc(CF)cc1. The fourth-order valence-electron chi connectivity index (χ4n) is 1.02. The summed E-state index contributed by atoms with van der Waals surface area (Å²) in [4.78, 5) is 0. The Morgan fingerprint density at radius 1 is 1.17 bits per heavy atom. The molecule has 2 heteroatoms. The van der Waals surface area contributed by atoms with E-state index in [4.69, 9.17) is 0 Å². The van der Waals surface area contributed by atoms with E-state index in [2.05, 4.69) is 0 Å². The molecule has 0 heterocycles. The van der Waals surface area contributed by atoms with Gasteiger partial charge in [-0.1, -0.05) is 31.2 Å². The van der Waals surface area contributed by atoms with Crippen molar-refractivity contribution in [3.8, 4) is 0 Å². The summed E-state index contributed by atoms with van der Waals surface area (Å²) in [7, 11) is 0. The van der Waals surface area contributed by atoms with Crippen LogP contribution < -0.4 is 0 Å². The molecular weight excluding hydrogens is 158 g/mol. The molecule has 0 spiro atoms. The van der Waals surface area contributed by atoms with Gasteiger partial charge >= 0.3 is 0 Å². The Hall–Kier alpha value is -0.920. The van der Waals surface area contributed by atoms with E-state index in [0.717, 1.165) is 5.56 Å². The molecule has 0 radical (unpaired) electrons. The van der Waals surface area contributed by atoms with Gasteiger partial charge in [0.15, 0.2) is 0 Å². The summed E-state index contributed by atoms with van der Waals surface area (Å²) in [6.45, 7) is 0.990. The predicted molar refractivity (Wildman–Crippen MR) is 45.6 cm³/mol. The van der Waals surface area contributed by atoms with Crippen molar-refractivity contribution in [2.24, 2.45) is 0 Å². The van der Waals surface area contributed by atoms with Gasteiger partial charge in [-0.15, -0.1) is 0 Å². The molecule has 0 aliphatic heterocycles. The Labute approximate surface area is 71.2 Å². The van der Waals surface area contributed by atoms with Crippen LogP contribution in [0.2, 0.25) is 0 Å². The van der Waals surface area contributed by atoms with Crippen molar-refractivity contribution in [2.75, 3.05) is 6.67 Å². The molecule has 1 aromatic rings. The van der Waals surface area contributed by atoms with Crippen LogP contribution in [0.15, 0.2) is 24.3 Å². The molecule has 0 aliphatic rings. The van der Waals surface area contributed by atoms with Crippen LogP contribution in [0, 0.1) is 0 Å². The molecule has 1 aromatic carbocycles. The fourth-order valence-corrected chi connectivity index (χ4v) is 1.02. The number of benzene rings is 1. The summed E-state index contributed by atoms with van der Waals surface area (Å²) in [5, 5.41) is 0. The molecule has 0 N–H and O–H groups in total. The van der Waals surface area contributed by atoms with Crippen LogP contribution in [-0.4, -0.2) is 6.67 Å². The highest BCUT2D eigenvalue weighted by Gasteiger charge is 2.03. The lowest BCUT2D eigenvalue weighted by Gasteiger charge is -2.06. The molecule has 1 rings (SSSR count). The topological polar surface area (TPSA) is 0 Å². The number of alkyl halides is 2. The zero-order chi connectivity index (χ0) is 8.97. The van der Waals surface area contributed by atoms with Gasteiger partial charge in [0.2, 0.25) is 0 Å². The Balaban J connectivity index is 2.77. The van der Waals surface area contributed by atoms with Crippen molar-refractivity contribution >= 4 is 0 Å². The highest BCUT2D eigenvalue weighted by molar-refractivity contribution is 5.24. The van der Waals surface area contributed by atoms with Gasteiger partial charge in [-0.2, -0.15) is 0 Å². The van der Waals surface area contributed by atoms with E-state index < -0.39 is 6.67 Å². The maximum absolute atomic E-state index is 12.2. The molecule has 0 aromatic heterocycles. The zero-order valence-corrected chi connectivity index (χ0v) is 7.06. The Bertz CT molecular complexity index is 228. The zero-order valence-electron chi connectivity index (χ0n) is 7.06. The Morgan fingerprint density at radius 2 is 1.75 bits per heavy atom. The van der Waals surface area contributed by atoms with Crippen molar-refractivity contribution in [1.29, 1.82) is 0 Å². The first-order chi connectivity index (χ1) is 5.77. The van der Waals surface area contributed by atoms with E-state index in [1.165, 1.54) is 0 Å². The molecular formula is C10H12F2. The van der Waals surface area contributed by atoms with Gasteiger partial charge in [0, 0.05) is 5.92 Å². The monoisotopic (exact) mass is 170 g/mol. The van der Waals surface area contributed by atoms with Crippen LogP contribution in [0.25, 0.3) is 0 Å². The summed E-state index contributed by atoms with van der Waals surface area (Å²) in [6.07, 6.45) is 0. The average Bonchev–Trinajstić information content (AvgIpc) is 2.17. The second-order valence-electron chi connectivity index (χ2n) is 2.93. The minimum absolute atomic E-state index is 0.0846. The quantitative estimate of drug-likeness (QED) is 0.653. The van der Waals surface area contributed by atoms with E-state index in [-0.39, 0.29) is 12.6 Å². The lowest BCUT2D eigenvalue weighted by atomic mass is 10.0. The van der Waals surface area contributed by atoms with Crippen molar-refractivity contribution in [1.82, 2.24) is 0 Å². The first kappa shape index (κ1) is 9.17. The fraction of sp³-hybridized carbons (Fsp3) is 0.400. The molecule has 12 heavy (non-hydrogen) atoms. The van der Waals surface area contributed by atoms with Gasteiger partial charge in [-0.3, -0.25) is 4.39 Å². The number of halogens is 2. The molecule has 66 valence electrons. The Morgan fingerprint density at radius 3 is 2.17 bits per heavy atom. The molecule has 0 aliphatic carbocycles. The molecule has 1 atom stereocenters. The first-order valence-corrected chi connectivity index (χ1v) is 3.98. The summed E-state index contributed by atoms with van der Waals surface area (Å²) >= 11 is 0. The summed E-state index contributed by atoms with van der Waals surface area (Å²) < 4.78 is 24.2. The van der Waals surface area contributed by atoms with E-state index >= 15 is 0 Å². The second kappa shape index (κ2) is 4.19. The van der Waals surface area contributed by atoms with Gasteiger partial charge in [0.05, 0.1) is 6.67 Å². The van der Waals surface area contributed by atoms with Crippen molar-refractivity contribution < 1.29 is 8.78 Å². The molecule has 0 saturated carbocycles. The predicted octanol–water partition coefficient (Wildman–Crippen LogP) is 3.23. The highest BCUT2D eigenvalue weighted by atomic mass is 19.1. The number of hydrogen-bond donors (Lipinski definition) is 0.